The normalized spacial score (nSPS) is 10.7. The first-order valence-corrected chi connectivity index (χ1v) is 5.54. The lowest BCUT2D eigenvalue weighted by Gasteiger charge is -2.07. The van der Waals surface area contributed by atoms with Gasteiger partial charge in [0.15, 0.2) is 0 Å². The van der Waals surface area contributed by atoms with Crippen molar-refractivity contribution in [2.45, 2.75) is 13.0 Å². The zero-order valence-corrected chi connectivity index (χ0v) is 10.9. The van der Waals surface area contributed by atoms with Gasteiger partial charge in [0, 0.05) is 20.6 Å². The van der Waals surface area contributed by atoms with E-state index in [4.69, 9.17) is 21.1 Å². The van der Waals surface area contributed by atoms with E-state index in [0.29, 0.717) is 35.1 Å². The average Bonchev–Trinajstić information content (AvgIpc) is 2.22. The highest BCUT2D eigenvalue weighted by atomic mass is 79.9. The lowest BCUT2D eigenvalue weighted by atomic mass is 10.3. The highest BCUT2D eigenvalue weighted by Crippen LogP contribution is 2.23. The Kier molecular flexibility index (Phi) is 5.45. The van der Waals surface area contributed by atoms with Gasteiger partial charge in [0.1, 0.15) is 11.0 Å². The van der Waals surface area contributed by atoms with Gasteiger partial charge in [-0.25, -0.2) is 9.97 Å². The Hall–Kier alpha value is -0.230. The number of hydrogen-bond acceptors (Lipinski definition) is 4. The lowest BCUT2D eigenvalue weighted by molar-refractivity contribution is 0.179. The zero-order valence-electron chi connectivity index (χ0n) is 8.59. The summed E-state index contributed by atoms with van der Waals surface area (Å²) >= 11 is 9.25. The summed E-state index contributed by atoms with van der Waals surface area (Å²) in [4.78, 5) is 8.44. The summed E-state index contributed by atoms with van der Waals surface area (Å²) in [7, 11) is 3.24. The van der Waals surface area contributed by atoms with Crippen molar-refractivity contribution in [3.8, 4) is 0 Å². The number of rotatable bonds is 5. The molecule has 6 heteroatoms. The van der Waals surface area contributed by atoms with Crippen molar-refractivity contribution in [1.82, 2.24) is 9.97 Å². The third kappa shape index (κ3) is 3.68. The van der Waals surface area contributed by atoms with Crippen LogP contribution in [0.1, 0.15) is 11.5 Å². The number of nitrogens with zero attached hydrogens (tertiary/aromatic N) is 2. The molecule has 4 nitrogen and oxygen atoms in total. The van der Waals surface area contributed by atoms with Gasteiger partial charge >= 0.3 is 0 Å². The van der Waals surface area contributed by atoms with Crippen LogP contribution < -0.4 is 0 Å². The summed E-state index contributed by atoms with van der Waals surface area (Å²) in [6.45, 7) is 0.979. The highest BCUT2D eigenvalue weighted by Gasteiger charge is 2.10. The van der Waals surface area contributed by atoms with Gasteiger partial charge in [0.05, 0.1) is 23.4 Å². The molecule has 0 aromatic carbocycles. The van der Waals surface area contributed by atoms with E-state index in [9.17, 15) is 0 Å². The molecule has 0 radical (unpaired) electrons. The van der Waals surface area contributed by atoms with Gasteiger partial charge < -0.3 is 9.47 Å². The second-order valence-electron chi connectivity index (χ2n) is 2.87. The lowest BCUT2D eigenvalue weighted by Crippen LogP contribution is -2.05. The molecule has 84 valence electrons. The predicted molar refractivity (Wildman–Crippen MR) is 61.0 cm³/mol. The maximum atomic E-state index is 5.94. The van der Waals surface area contributed by atoms with E-state index in [-0.39, 0.29) is 0 Å². The summed E-state index contributed by atoms with van der Waals surface area (Å²) in [5.41, 5.74) is 0.753. The largest absolute Gasteiger partial charge is 0.384 e. The van der Waals surface area contributed by atoms with Crippen LogP contribution in [0.5, 0.6) is 0 Å². The molecule has 0 unspecified atom stereocenters. The number of hydrogen-bond donors (Lipinski definition) is 0. The molecule has 0 bridgehead atoms. The maximum absolute atomic E-state index is 5.94. The van der Waals surface area contributed by atoms with E-state index < -0.39 is 0 Å². The Bertz CT molecular complexity index is 336. The Morgan fingerprint density at radius 2 is 2.00 bits per heavy atom. The fourth-order valence-corrected chi connectivity index (χ4v) is 1.55. The van der Waals surface area contributed by atoms with Crippen molar-refractivity contribution >= 4 is 27.5 Å². The molecule has 0 saturated carbocycles. The molecule has 1 heterocycles. The van der Waals surface area contributed by atoms with Crippen LogP contribution in [-0.4, -0.2) is 30.8 Å². The monoisotopic (exact) mass is 294 g/mol. The van der Waals surface area contributed by atoms with Crippen molar-refractivity contribution in [1.29, 1.82) is 0 Å². The minimum atomic E-state index is 0.406. The van der Waals surface area contributed by atoms with E-state index in [0.717, 1.165) is 5.69 Å². The first-order valence-electron chi connectivity index (χ1n) is 4.37. The molecule has 1 aromatic rings. The van der Waals surface area contributed by atoms with Crippen LogP contribution in [0.3, 0.4) is 0 Å². The topological polar surface area (TPSA) is 44.2 Å². The molecule has 0 aliphatic rings. The third-order valence-corrected chi connectivity index (χ3v) is 3.07. The van der Waals surface area contributed by atoms with Crippen LogP contribution in [-0.2, 0) is 22.5 Å². The average molecular weight is 296 g/mol. The van der Waals surface area contributed by atoms with Crippen LogP contribution in [0, 0.1) is 0 Å². The zero-order chi connectivity index (χ0) is 11.3. The van der Waals surface area contributed by atoms with Crippen molar-refractivity contribution in [3.05, 3.63) is 21.1 Å². The van der Waals surface area contributed by atoms with Crippen LogP contribution in [0.25, 0.3) is 0 Å². The number of methoxy groups -OCH3 is 2. The predicted octanol–water partition coefficient (Wildman–Crippen LogP) is 2.23. The summed E-state index contributed by atoms with van der Waals surface area (Å²) in [6, 6.07) is 0. The first kappa shape index (κ1) is 12.8. The van der Waals surface area contributed by atoms with Crippen molar-refractivity contribution in [2.24, 2.45) is 0 Å². The Morgan fingerprint density at radius 1 is 1.27 bits per heavy atom. The van der Waals surface area contributed by atoms with Crippen molar-refractivity contribution in [2.75, 3.05) is 20.8 Å². The first-order chi connectivity index (χ1) is 7.19. The molecule has 0 aliphatic heterocycles. The van der Waals surface area contributed by atoms with E-state index in [1.54, 1.807) is 14.2 Å². The number of aromatic nitrogens is 2. The van der Waals surface area contributed by atoms with Gasteiger partial charge in [-0.05, 0) is 15.9 Å². The molecule has 0 atom stereocenters. The summed E-state index contributed by atoms with van der Waals surface area (Å²) in [6.07, 6.45) is 0.639. The van der Waals surface area contributed by atoms with Crippen LogP contribution in [0.2, 0.25) is 5.15 Å². The van der Waals surface area contributed by atoms with Gasteiger partial charge in [-0.1, -0.05) is 11.6 Å². The molecule has 0 N–H and O–H groups in total. The number of ether oxygens (including phenoxy) is 2. The van der Waals surface area contributed by atoms with Gasteiger partial charge in [-0.2, -0.15) is 0 Å². The second kappa shape index (κ2) is 6.37. The Balaban J connectivity index is 2.90. The minimum Gasteiger partial charge on any atom is -0.384 e. The van der Waals surface area contributed by atoms with Crippen molar-refractivity contribution < 1.29 is 9.47 Å². The molecular formula is C9H12BrClN2O2. The maximum Gasteiger partial charge on any atom is 0.147 e. The third-order valence-electron chi connectivity index (χ3n) is 1.74. The molecule has 0 saturated heterocycles. The fraction of sp³-hybridized carbons (Fsp3) is 0.556. The molecular weight excluding hydrogens is 283 g/mol. The molecule has 1 rings (SSSR count). The molecule has 0 aliphatic carbocycles. The summed E-state index contributed by atoms with van der Waals surface area (Å²) in [5.74, 6) is 0.664. The molecule has 0 amide bonds. The van der Waals surface area contributed by atoms with Crippen molar-refractivity contribution in [3.63, 3.8) is 0 Å². The molecule has 0 spiro atoms. The highest BCUT2D eigenvalue weighted by molar-refractivity contribution is 9.10. The molecule has 15 heavy (non-hydrogen) atoms. The van der Waals surface area contributed by atoms with Gasteiger partial charge in [-0.15, -0.1) is 0 Å². The van der Waals surface area contributed by atoms with E-state index in [1.807, 2.05) is 0 Å². The van der Waals surface area contributed by atoms with E-state index in [2.05, 4.69) is 25.9 Å². The molecule has 1 aromatic heterocycles. The number of halogens is 2. The standard InChI is InChI=1S/C9H12BrClN2O2/c1-14-4-3-7-12-6(5-15-2)8(10)9(11)13-7/h3-5H2,1-2H3. The SMILES string of the molecule is COCCc1nc(Cl)c(Br)c(COC)n1. The Morgan fingerprint density at radius 3 is 2.60 bits per heavy atom. The molecule has 0 fully saturated rings. The smallest absolute Gasteiger partial charge is 0.147 e. The van der Waals surface area contributed by atoms with Gasteiger partial charge in [0.25, 0.3) is 0 Å². The Labute approximate surface area is 102 Å². The van der Waals surface area contributed by atoms with Gasteiger partial charge in [0.2, 0.25) is 0 Å². The van der Waals surface area contributed by atoms with Crippen LogP contribution in [0.4, 0.5) is 0 Å². The van der Waals surface area contributed by atoms with Crippen LogP contribution in [0.15, 0.2) is 4.47 Å². The second-order valence-corrected chi connectivity index (χ2v) is 4.02. The quantitative estimate of drug-likeness (QED) is 0.781. The summed E-state index contributed by atoms with van der Waals surface area (Å²) in [5, 5.41) is 0.406. The summed E-state index contributed by atoms with van der Waals surface area (Å²) < 4.78 is 10.6. The van der Waals surface area contributed by atoms with Gasteiger partial charge in [-0.3, -0.25) is 0 Å². The van der Waals surface area contributed by atoms with E-state index in [1.165, 1.54) is 0 Å². The van der Waals surface area contributed by atoms with E-state index >= 15 is 0 Å². The fourth-order valence-electron chi connectivity index (χ4n) is 1.05. The van der Waals surface area contributed by atoms with Crippen LogP contribution >= 0.6 is 27.5 Å². The minimum absolute atomic E-state index is 0.406.